The molecule has 0 saturated heterocycles. The van der Waals surface area contributed by atoms with E-state index in [0.29, 0.717) is 0 Å². The number of rotatable bonds is 1. The summed E-state index contributed by atoms with van der Waals surface area (Å²) in [6.45, 7) is 9.92. The highest BCUT2D eigenvalue weighted by Crippen LogP contribution is 2.07. The number of hydrogen-bond donors (Lipinski definition) is 1. The van der Waals surface area contributed by atoms with Crippen molar-refractivity contribution in [3.8, 4) is 0 Å². The molecular formula is C11H25NO2. The van der Waals surface area contributed by atoms with E-state index in [1.165, 1.54) is 0 Å². The first-order chi connectivity index (χ1) is 6.24. The van der Waals surface area contributed by atoms with Gasteiger partial charge in [-0.1, -0.05) is 28.2 Å². The van der Waals surface area contributed by atoms with Crippen molar-refractivity contribution >= 4 is 0 Å². The first kappa shape index (κ1) is 18.9. The molecule has 0 atom stereocenters. The summed E-state index contributed by atoms with van der Waals surface area (Å²) >= 11 is 0. The molecule has 0 unspecified atom stereocenters. The highest BCUT2D eigenvalue weighted by atomic mass is 16.4. The van der Waals surface area contributed by atoms with Gasteiger partial charge in [-0.2, -0.15) is 0 Å². The van der Waals surface area contributed by atoms with E-state index in [1.807, 2.05) is 34.6 Å². The largest absolute Gasteiger partial charge is 0.446 e. The topological polar surface area (TPSA) is 46.3 Å². The highest BCUT2D eigenvalue weighted by molar-refractivity contribution is 5.04. The van der Waals surface area contributed by atoms with E-state index in [1.54, 1.807) is 0 Å². The van der Waals surface area contributed by atoms with Crippen LogP contribution in [0.1, 0.15) is 45.5 Å². The van der Waals surface area contributed by atoms with Crippen LogP contribution in [-0.4, -0.2) is 17.2 Å². The normalized spacial score (nSPS) is 7.36. The van der Waals surface area contributed by atoms with Crippen LogP contribution in [-0.2, 0) is 6.42 Å². The smallest absolute Gasteiger partial charge is 0.194 e. The summed E-state index contributed by atoms with van der Waals surface area (Å²) in [5, 5.41) is 7.00. The molecule has 0 radical (unpaired) electrons. The quantitative estimate of drug-likeness (QED) is 0.762. The van der Waals surface area contributed by atoms with Crippen LogP contribution in [0.4, 0.5) is 0 Å². The molecule has 14 heavy (non-hydrogen) atoms. The van der Waals surface area contributed by atoms with E-state index < -0.39 is 0 Å². The predicted molar refractivity (Wildman–Crippen MR) is 61.6 cm³/mol. The number of hydrogen-bond acceptors (Lipinski definition) is 3. The fourth-order valence-corrected chi connectivity index (χ4v) is 0.690. The zero-order valence-electron chi connectivity index (χ0n) is 9.51. The second kappa shape index (κ2) is 12.2. The van der Waals surface area contributed by atoms with Crippen molar-refractivity contribution in [2.24, 2.45) is 0 Å². The minimum atomic E-state index is 0. The van der Waals surface area contributed by atoms with Crippen molar-refractivity contribution < 1.29 is 9.52 Å². The molecule has 86 valence electrons. The predicted octanol–water partition coefficient (Wildman–Crippen LogP) is 3.12. The van der Waals surface area contributed by atoms with Crippen LogP contribution in [0.3, 0.4) is 0 Å². The number of oxazole rings is 1. The van der Waals surface area contributed by atoms with E-state index in [4.69, 9.17) is 9.52 Å². The zero-order chi connectivity index (χ0) is 10.9. The standard InChI is InChI=1S/C7H11NO.C2H6.CH4O.CH4/c1-4-7-8-5(2)6(3)9-7;2*1-2;/h4H2,1-3H3;1-2H3;2H,1H3;1H4. The van der Waals surface area contributed by atoms with Crippen LogP contribution >= 0.6 is 0 Å². The van der Waals surface area contributed by atoms with Crippen molar-refractivity contribution in [3.05, 3.63) is 17.3 Å². The third kappa shape index (κ3) is 6.66. The molecule has 0 bridgehead atoms. The van der Waals surface area contributed by atoms with E-state index in [9.17, 15) is 0 Å². The number of aryl methyl sites for hydroxylation is 3. The Balaban J connectivity index is -0.000000216. The third-order valence-corrected chi connectivity index (χ3v) is 1.38. The lowest BCUT2D eigenvalue weighted by Gasteiger charge is -1.80. The molecule has 0 aliphatic carbocycles. The summed E-state index contributed by atoms with van der Waals surface area (Å²) in [7, 11) is 1.00. The molecule has 0 aliphatic rings. The van der Waals surface area contributed by atoms with Gasteiger partial charge in [0.15, 0.2) is 5.89 Å². The summed E-state index contributed by atoms with van der Waals surface area (Å²) in [6, 6.07) is 0. The van der Waals surface area contributed by atoms with E-state index >= 15 is 0 Å². The molecule has 0 aromatic carbocycles. The fourth-order valence-electron chi connectivity index (χ4n) is 0.690. The highest BCUT2D eigenvalue weighted by Gasteiger charge is 2.00. The second-order valence-corrected chi connectivity index (χ2v) is 2.10. The second-order valence-electron chi connectivity index (χ2n) is 2.10. The Bertz CT molecular complexity index is 188. The molecule has 0 aliphatic heterocycles. The molecule has 1 aromatic rings. The molecule has 1 rings (SSSR count). The van der Waals surface area contributed by atoms with Gasteiger partial charge in [0.05, 0.1) is 5.69 Å². The lowest BCUT2D eigenvalue weighted by Crippen LogP contribution is -1.77. The molecule has 1 N–H and O–H groups in total. The lowest BCUT2D eigenvalue weighted by molar-refractivity contribution is 0.399. The summed E-state index contributed by atoms with van der Waals surface area (Å²) in [5.41, 5.74) is 1.01. The summed E-state index contributed by atoms with van der Waals surface area (Å²) in [6.07, 6.45) is 0.884. The number of nitrogens with zero attached hydrogens (tertiary/aromatic N) is 1. The number of aliphatic hydroxyl groups is 1. The van der Waals surface area contributed by atoms with Gasteiger partial charge >= 0.3 is 0 Å². The zero-order valence-corrected chi connectivity index (χ0v) is 9.51. The third-order valence-electron chi connectivity index (χ3n) is 1.38. The molecule has 3 heteroatoms. The fraction of sp³-hybridized carbons (Fsp3) is 0.727. The van der Waals surface area contributed by atoms with Gasteiger partial charge in [0, 0.05) is 13.5 Å². The lowest BCUT2D eigenvalue weighted by atomic mass is 10.4. The van der Waals surface area contributed by atoms with Crippen LogP contribution in [0.25, 0.3) is 0 Å². The van der Waals surface area contributed by atoms with Crippen molar-refractivity contribution in [1.29, 1.82) is 0 Å². The molecule has 1 aromatic heterocycles. The maximum atomic E-state index is 7.00. The summed E-state index contributed by atoms with van der Waals surface area (Å²) < 4.78 is 5.25. The molecule has 0 fully saturated rings. The first-order valence-electron chi connectivity index (χ1n) is 4.61. The first-order valence-corrected chi connectivity index (χ1v) is 4.61. The number of aliphatic hydroxyl groups excluding tert-OH is 1. The minimum Gasteiger partial charge on any atom is -0.446 e. The Kier molecular flexibility index (Phi) is 16.4. The Morgan fingerprint density at radius 3 is 1.79 bits per heavy atom. The van der Waals surface area contributed by atoms with Gasteiger partial charge in [0.25, 0.3) is 0 Å². The molecule has 3 nitrogen and oxygen atoms in total. The maximum absolute atomic E-state index is 7.00. The van der Waals surface area contributed by atoms with Gasteiger partial charge in [-0.3, -0.25) is 0 Å². The van der Waals surface area contributed by atoms with E-state index in [0.717, 1.165) is 30.9 Å². The molecule has 0 amide bonds. The Morgan fingerprint density at radius 2 is 1.64 bits per heavy atom. The van der Waals surface area contributed by atoms with Gasteiger partial charge in [0.1, 0.15) is 5.76 Å². The Hall–Kier alpha value is -0.830. The van der Waals surface area contributed by atoms with E-state index in [-0.39, 0.29) is 7.43 Å². The van der Waals surface area contributed by atoms with Crippen molar-refractivity contribution in [1.82, 2.24) is 4.98 Å². The average molecular weight is 203 g/mol. The van der Waals surface area contributed by atoms with Crippen molar-refractivity contribution in [2.75, 3.05) is 7.11 Å². The van der Waals surface area contributed by atoms with E-state index in [2.05, 4.69) is 4.98 Å². The van der Waals surface area contributed by atoms with Crippen LogP contribution in [0, 0.1) is 13.8 Å². The van der Waals surface area contributed by atoms with Gasteiger partial charge in [0.2, 0.25) is 0 Å². The molecular weight excluding hydrogens is 178 g/mol. The van der Waals surface area contributed by atoms with Crippen LogP contribution < -0.4 is 0 Å². The van der Waals surface area contributed by atoms with Gasteiger partial charge in [-0.25, -0.2) is 4.98 Å². The SMILES string of the molecule is C.CC.CCc1nc(C)c(C)o1.CO. The maximum Gasteiger partial charge on any atom is 0.194 e. The van der Waals surface area contributed by atoms with Crippen molar-refractivity contribution in [3.63, 3.8) is 0 Å². The Morgan fingerprint density at radius 1 is 1.21 bits per heavy atom. The van der Waals surface area contributed by atoms with Crippen LogP contribution in [0.5, 0.6) is 0 Å². The van der Waals surface area contributed by atoms with Crippen LogP contribution in [0.15, 0.2) is 4.42 Å². The number of aromatic nitrogens is 1. The monoisotopic (exact) mass is 203 g/mol. The Labute approximate surface area is 88.2 Å². The molecule has 0 spiro atoms. The molecule has 0 saturated carbocycles. The summed E-state index contributed by atoms with van der Waals surface area (Å²) in [4.78, 5) is 4.16. The van der Waals surface area contributed by atoms with Gasteiger partial charge < -0.3 is 9.52 Å². The van der Waals surface area contributed by atoms with Gasteiger partial charge in [-0.05, 0) is 13.8 Å². The molecule has 1 heterocycles. The average Bonchev–Trinajstić information content (AvgIpc) is 2.53. The van der Waals surface area contributed by atoms with Crippen LogP contribution in [0.2, 0.25) is 0 Å². The minimum absolute atomic E-state index is 0. The summed E-state index contributed by atoms with van der Waals surface area (Å²) in [5.74, 6) is 1.77. The van der Waals surface area contributed by atoms with Crippen molar-refractivity contribution in [2.45, 2.75) is 48.5 Å². The van der Waals surface area contributed by atoms with Gasteiger partial charge in [-0.15, -0.1) is 0 Å².